The maximum Gasteiger partial charge on any atom is 0.0992 e. The van der Waals surface area contributed by atoms with Gasteiger partial charge in [0.2, 0.25) is 0 Å². The highest BCUT2D eigenvalue weighted by atomic mass is 35.5. The van der Waals surface area contributed by atoms with Gasteiger partial charge in [0.25, 0.3) is 0 Å². The van der Waals surface area contributed by atoms with E-state index in [4.69, 9.17) is 16.9 Å². The Morgan fingerprint density at radius 1 is 1.06 bits per heavy atom. The van der Waals surface area contributed by atoms with Gasteiger partial charge in [-0.1, -0.05) is 42.8 Å². The lowest BCUT2D eigenvalue weighted by atomic mass is 10.0. The second kappa shape index (κ2) is 5.03. The van der Waals surface area contributed by atoms with E-state index in [-0.39, 0.29) is 0 Å². The van der Waals surface area contributed by atoms with Crippen LogP contribution in [0.5, 0.6) is 0 Å². The van der Waals surface area contributed by atoms with Crippen LogP contribution in [-0.4, -0.2) is 0 Å². The molecule has 0 radical (unpaired) electrons. The lowest BCUT2D eigenvalue weighted by Crippen LogP contribution is -1.83. The molecule has 2 aromatic carbocycles. The van der Waals surface area contributed by atoms with Gasteiger partial charge in [-0.05, 0) is 41.3 Å². The van der Waals surface area contributed by atoms with E-state index in [1.165, 1.54) is 5.56 Å². The average Bonchev–Trinajstić information content (AvgIpc) is 2.38. The van der Waals surface area contributed by atoms with Gasteiger partial charge >= 0.3 is 0 Å². The van der Waals surface area contributed by atoms with Crippen LogP contribution in [0.25, 0.3) is 11.1 Å². The molecule has 0 saturated heterocycles. The largest absolute Gasteiger partial charge is 0.192 e. The van der Waals surface area contributed by atoms with Gasteiger partial charge in [0.15, 0.2) is 0 Å². The quantitative estimate of drug-likeness (QED) is 0.763. The predicted octanol–water partition coefficient (Wildman–Crippen LogP) is 4.44. The second-order valence-corrected chi connectivity index (χ2v) is 4.33. The minimum absolute atomic E-state index is 0.590. The van der Waals surface area contributed by atoms with E-state index in [2.05, 4.69) is 37.3 Å². The van der Waals surface area contributed by atoms with Crippen molar-refractivity contribution in [3.8, 4) is 17.2 Å². The molecule has 0 aliphatic heterocycles. The summed E-state index contributed by atoms with van der Waals surface area (Å²) in [6.07, 6.45) is 1.03. The van der Waals surface area contributed by atoms with Gasteiger partial charge < -0.3 is 0 Å². The van der Waals surface area contributed by atoms with E-state index < -0.39 is 0 Å². The maximum absolute atomic E-state index is 8.91. The molecule has 0 atom stereocenters. The van der Waals surface area contributed by atoms with Crippen LogP contribution in [0.15, 0.2) is 42.5 Å². The summed E-state index contributed by atoms with van der Waals surface area (Å²) in [6.45, 7) is 2.13. The molecular formula is C15H12ClN. The number of hydrogen-bond acceptors (Lipinski definition) is 1. The number of nitrogens with zero attached hydrogens (tertiary/aromatic N) is 1. The van der Waals surface area contributed by atoms with Crippen LogP contribution in [0.1, 0.15) is 18.1 Å². The van der Waals surface area contributed by atoms with Crippen molar-refractivity contribution in [3.05, 3.63) is 58.6 Å². The second-order valence-electron chi connectivity index (χ2n) is 3.89. The van der Waals surface area contributed by atoms with E-state index in [1.54, 1.807) is 6.07 Å². The highest BCUT2D eigenvalue weighted by Gasteiger charge is 2.02. The number of aryl methyl sites for hydroxylation is 1. The van der Waals surface area contributed by atoms with Crippen LogP contribution in [0.4, 0.5) is 0 Å². The Labute approximate surface area is 106 Å². The molecule has 84 valence electrons. The molecule has 2 aromatic rings. The van der Waals surface area contributed by atoms with Crippen molar-refractivity contribution >= 4 is 11.6 Å². The van der Waals surface area contributed by atoms with E-state index in [0.29, 0.717) is 10.6 Å². The minimum atomic E-state index is 0.590. The van der Waals surface area contributed by atoms with Crippen molar-refractivity contribution in [1.82, 2.24) is 0 Å². The molecule has 0 aliphatic carbocycles. The third-order valence-electron chi connectivity index (χ3n) is 2.72. The molecule has 0 fully saturated rings. The van der Waals surface area contributed by atoms with Crippen LogP contribution in [0.2, 0.25) is 5.02 Å². The van der Waals surface area contributed by atoms with Gasteiger partial charge in [-0.15, -0.1) is 0 Å². The minimum Gasteiger partial charge on any atom is -0.192 e. The summed E-state index contributed by atoms with van der Waals surface area (Å²) in [5.41, 5.74) is 3.96. The fourth-order valence-electron chi connectivity index (χ4n) is 1.75. The third-order valence-corrected chi connectivity index (χ3v) is 2.94. The summed E-state index contributed by atoms with van der Waals surface area (Å²) in [7, 11) is 0. The Morgan fingerprint density at radius 2 is 1.76 bits per heavy atom. The van der Waals surface area contributed by atoms with E-state index in [9.17, 15) is 0 Å². The van der Waals surface area contributed by atoms with E-state index in [0.717, 1.165) is 17.5 Å². The van der Waals surface area contributed by atoms with Gasteiger partial charge in [-0.2, -0.15) is 5.26 Å². The standard InChI is InChI=1S/C15H12ClN/c1-2-11-3-5-13(6-4-11)14-7-12(10-17)8-15(16)9-14/h3-9H,2H2,1H3. The van der Waals surface area contributed by atoms with Crippen molar-refractivity contribution in [1.29, 1.82) is 5.26 Å². The predicted molar refractivity (Wildman–Crippen MR) is 71.0 cm³/mol. The molecule has 0 amide bonds. The highest BCUT2D eigenvalue weighted by molar-refractivity contribution is 6.31. The van der Waals surface area contributed by atoms with Gasteiger partial charge in [-0.3, -0.25) is 0 Å². The SMILES string of the molecule is CCc1ccc(-c2cc(Cl)cc(C#N)c2)cc1. The Hall–Kier alpha value is -1.78. The molecule has 1 nitrogen and oxygen atoms in total. The third kappa shape index (κ3) is 2.67. The molecule has 0 bridgehead atoms. The first-order valence-corrected chi connectivity index (χ1v) is 5.90. The maximum atomic E-state index is 8.91. The summed E-state index contributed by atoms with van der Waals surface area (Å²) in [5.74, 6) is 0. The zero-order valence-electron chi connectivity index (χ0n) is 9.57. The van der Waals surface area contributed by atoms with Crippen LogP contribution >= 0.6 is 11.6 Å². The highest BCUT2D eigenvalue weighted by Crippen LogP contribution is 2.25. The van der Waals surface area contributed by atoms with Crippen molar-refractivity contribution in [2.45, 2.75) is 13.3 Å². The molecule has 17 heavy (non-hydrogen) atoms. The molecule has 0 saturated carbocycles. The molecule has 0 aromatic heterocycles. The summed E-state index contributed by atoms with van der Waals surface area (Å²) >= 11 is 5.99. The van der Waals surface area contributed by atoms with E-state index >= 15 is 0 Å². The normalized spacial score (nSPS) is 9.94. The molecule has 0 spiro atoms. The monoisotopic (exact) mass is 241 g/mol. The first-order valence-electron chi connectivity index (χ1n) is 5.53. The molecule has 0 unspecified atom stereocenters. The number of benzene rings is 2. The first kappa shape index (κ1) is 11.7. The Balaban J connectivity index is 2.45. The topological polar surface area (TPSA) is 23.8 Å². The summed E-state index contributed by atoms with van der Waals surface area (Å²) < 4.78 is 0. The van der Waals surface area contributed by atoms with Gasteiger partial charge in [0, 0.05) is 5.02 Å². The Morgan fingerprint density at radius 3 is 2.35 bits per heavy atom. The Kier molecular flexibility index (Phi) is 3.46. The number of halogens is 1. The molecule has 0 aliphatic rings. The average molecular weight is 242 g/mol. The molecular weight excluding hydrogens is 230 g/mol. The van der Waals surface area contributed by atoms with Gasteiger partial charge in [-0.25, -0.2) is 0 Å². The smallest absolute Gasteiger partial charge is 0.0992 e. The molecule has 0 N–H and O–H groups in total. The molecule has 0 heterocycles. The summed E-state index contributed by atoms with van der Waals surface area (Å²) in [5, 5.41) is 9.50. The van der Waals surface area contributed by atoms with Gasteiger partial charge in [0.1, 0.15) is 0 Å². The fourth-order valence-corrected chi connectivity index (χ4v) is 1.99. The van der Waals surface area contributed by atoms with Crippen molar-refractivity contribution < 1.29 is 0 Å². The summed E-state index contributed by atoms with van der Waals surface area (Å²) in [4.78, 5) is 0. The molecule has 2 heteroatoms. The van der Waals surface area contributed by atoms with Crippen molar-refractivity contribution in [2.24, 2.45) is 0 Å². The van der Waals surface area contributed by atoms with Crippen LogP contribution in [0, 0.1) is 11.3 Å². The summed E-state index contributed by atoms with van der Waals surface area (Å²) in [6, 6.07) is 15.8. The first-order chi connectivity index (χ1) is 8.22. The van der Waals surface area contributed by atoms with Crippen LogP contribution in [0.3, 0.4) is 0 Å². The number of rotatable bonds is 2. The van der Waals surface area contributed by atoms with E-state index in [1.807, 2.05) is 12.1 Å². The number of hydrogen-bond donors (Lipinski definition) is 0. The van der Waals surface area contributed by atoms with Crippen molar-refractivity contribution in [2.75, 3.05) is 0 Å². The zero-order chi connectivity index (χ0) is 12.3. The zero-order valence-corrected chi connectivity index (χ0v) is 10.3. The number of nitriles is 1. The lowest BCUT2D eigenvalue weighted by molar-refractivity contribution is 1.14. The fraction of sp³-hybridized carbons (Fsp3) is 0.133. The van der Waals surface area contributed by atoms with Gasteiger partial charge in [0.05, 0.1) is 11.6 Å². The van der Waals surface area contributed by atoms with Crippen molar-refractivity contribution in [3.63, 3.8) is 0 Å². The Bertz CT molecular complexity index is 564. The lowest BCUT2D eigenvalue weighted by Gasteiger charge is -2.04. The van der Waals surface area contributed by atoms with Crippen LogP contribution in [-0.2, 0) is 6.42 Å². The molecule has 2 rings (SSSR count). The van der Waals surface area contributed by atoms with Crippen LogP contribution < -0.4 is 0 Å².